The van der Waals surface area contributed by atoms with Gasteiger partial charge in [0.15, 0.2) is 0 Å². The molecule has 0 aliphatic heterocycles. The van der Waals surface area contributed by atoms with E-state index in [1.165, 1.54) is 4.88 Å². The summed E-state index contributed by atoms with van der Waals surface area (Å²) < 4.78 is 0. The number of aromatic nitrogens is 2. The summed E-state index contributed by atoms with van der Waals surface area (Å²) in [6.45, 7) is 0.760. The summed E-state index contributed by atoms with van der Waals surface area (Å²) in [7, 11) is 0. The first-order valence-electron chi connectivity index (χ1n) is 5.49. The van der Waals surface area contributed by atoms with E-state index in [9.17, 15) is 0 Å². The van der Waals surface area contributed by atoms with Gasteiger partial charge >= 0.3 is 0 Å². The van der Waals surface area contributed by atoms with Crippen LogP contribution in [0.3, 0.4) is 0 Å². The summed E-state index contributed by atoms with van der Waals surface area (Å²) in [6, 6.07) is 7.78. The summed E-state index contributed by atoms with van der Waals surface area (Å²) in [5.74, 6) is 0. The molecule has 0 spiro atoms. The average molecular weight is 276 g/mol. The van der Waals surface area contributed by atoms with Gasteiger partial charge in [0.1, 0.15) is 0 Å². The van der Waals surface area contributed by atoms with E-state index in [0.29, 0.717) is 5.02 Å². The summed E-state index contributed by atoms with van der Waals surface area (Å²) in [6.07, 6.45) is 3.62. The van der Waals surface area contributed by atoms with Crippen LogP contribution in [0.15, 0.2) is 42.2 Å². The highest BCUT2D eigenvalue weighted by Crippen LogP contribution is 2.28. The monoisotopic (exact) mass is 275 g/mol. The van der Waals surface area contributed by atoms with Crippen molar-refractivity contribution in [3.05, 3.63) is 52.1 Å². The minimum Gasteiger partial charge on any atom is -0.380 e. The minimum atomic E-state index is 0.675. The highest BCUT2D eigenvalue weighted by atomic mass is 35.5. The lowest BCUT2D eigenvalue weighted by Gasteiger charge is -2.09. The number of thiazole rings is 1. The fourth-order valence-electron chi connectivity index (χ4n) is 1.80. The van der Waals surface area contributed by atoms with E-state index in [1.54, 1.807) is 17.5 Å². The van der Waals surface area contributed by atoms with Crippen LogP contribution in [0.1, 0.15) is 4.88 Å². The molecule has 90 valence electrons. The van der Waals surface area contributed by atoms with Crippen molar-refractivity contribution in [2.75, 3.05) is 5.32 Å². The predicted octanol–water partition coefficient (Wildman–Crippen LogP) is 3.96. The van der Waals surface area contributed by atoms with E-state index in [-0.39, 0.29) is 0 Å². The molecule has 1 aromatic carbocycles. The molecular formula is C13H10ClN3S. The molecule has 0 atom stereocenters. The van der Waals surface area contributed by atoms with Crippen LogP contribution >= 0.6 is 22.9 Å². The zero-order valence-electron chi connectivity index (χ0n) is 9.43. The van der Waals surface area contributed by atoms with Crippen molar-refractivity contribution in [2.45, 2.75) is 6.54 Å². The van der Waals surface area contributed by atoms with Gasteiger partial charge in [0.2, 0.25) is 0 Å². The molecule has 0 bridgehead atoms. The molecule has 0 amide bonds. The normalized spacial score (nSPS) is 10.7. The second-order valence-corrected chi connectivity index (χ2v) is 5.19. The third kappa shape index (κ3) is 2.17. The van der Waals surface area contributed by atoms with Gasteiger partial charge in [0.05, 0.1) is 22.6 Å². The number of nitrogens with one attached hydrogen (secondary N) is 1. The number of hydrogen-bond acceptors (Lipinski definition) is 4. The van der Waals surface area contributed by atoms with Crippen molar-refractivity contribution in [3.8, 4) is 0 Å². The quantitative estimate of drug-likeness (QED) is 0.786. The van der Waals surface area contributed by atoms with Gasteiger partial charge in [-0.3, -0.25) is 9.97 Å². The van der Waals surface area contributed by atoms with E-state index in [2.05, 4.69) is 15.3 Å². The molecule has 3 rings (SSSR count). The van der Waals surface area contributed by atoms with Crippen LogP contribution in [0, 0.1) is 0 Å². The highest BCUT2D eigenvalue weighted by Gasteiger charge is 2.05. The third-order valence-corrected chi connectivity index (χ3v) is 3.74. The van der Waals surface area contributed by atoms with Crippen LogP contribution in [0.25, 0.3) is 10.9 Å². The largest absolute Gasteiger partial charge is 0.380 e. The number of fused-ring (bicyclic) bond motifs is 1. The Kier molecular flexibility index (Phi) is 3.13. The van der Waals surface area contributed by atoms with E-state index in [1.807, 2.05) is 36.0 Å². The first-order valence-corrected chi connectivity index (χ1v) is 6.75. The lowest BCUT2D eigenvalue weighted by atomic mass is 10.2. The Morgan fingerprint density at radius 2 is 2.22 bits per heavy atom. The maximum Gasteiger partial charge on any atom is 0.0908 e. The lowest BCUT2D eigenvalue weighted by molar-refractivity contribution is 1.18. The molecule has 18 heavy (non-hydrogen) atoms. The summed E-state index contributed by atoms with van der Waals surface area (Å²) in [5, 5.41) is 5.10. The summed E-state index contributed by atoms with van der Waals surface area (Å²) >= 11 is 7.77. The Morgan fingerprint density at radius 3 is 3.06 bits per heavy atom. The average Bonchev–Trinajstić information content (AvgIpc) is 2.92. The molecule has 0 aliphatic carbocycles. The molecule has 0 saturated carbocycles. The van der Waals surface area contributed by atoms with Crippen LogP contribution in [-0.2, 0) is 6.54 Å². The topological polar surface area (TPSA) is 37.8 Å². The SMILES string of the molecule is Clc1ccc(NCc2cncs2)c2cccnc12. The molecule has 3 nitrogen and oxygen atoms in total. The maximum absolute atomic E-state index is 6.13. The molecule has 3 aromatic rings. The maximum atomic E-state index is 6.13. The molecule has 0 radical (unpaired) electrons. The summed E-state index contributed by atoms with van der Waals surface area (Å²) in [4.78, 5) is 9.56. The van der Waals surface area contributed by atoms with Crippen molar-refractivity contribution >= 4 is 39.5 Å². The molecule has 2 heterocycles. The van der Waals surface area contributed by atoms with Gasteiger partial charge in [-0.1, -0.05) is 11.6 Å². The first-order chi connectivity index (χ1) is 8.84. The predicted molar refractivity (Wildman–Crippen MR) is 76.2 cm³/mol. The fraction of sp³-hybridized carbons (Fsp3) is 0.0769. The minimum absolute atomic E-state index is 0.675. The van der Waals surface area contributed by atoms with Crippen molar-refractivity contribution in [1.29, 1.82) is 0 Å². The van der Waals surface area contributed by atoms with Crippen molar-refractivity contribution in [1.82, 2.24) is 9.97 Å². The summed E-state index contributed by atoms with van der Waals surface area (Å²) in [5.41, 5.74) is 3.70. The van der Waals surface area contributed by atoms with E-state index >= 15 is 0 Å². The number of halogens is 1. The highest BCUT2D eigenvalue weighted by molar-refractivity contribution is 7.09. The molecule has 0 aliphatic rings. The van der Waals surface area contributed by atoms with Gasteiger partial charge in [0, 0.05) is 28.3 Å². The van der Waals surface area contributed by atoms with Crippen molar-refractivity contribution in [2.24, 2.45) is 0 Å². The van der Waals surface area contributed by atoms with Gasteiger partial charge in [-0.05, 0) is 24.3 Å². The zero-order valence-corrected chi connectivity index (χ0v) is 11.0. The van der Waals surface area contributed by atoms with Gasteiger partial charge in [-0.15, -0.1) is 11.3 Å². The Labute approximate surface area is 113 Å². The molecule has 1 N–H and O–H groups in total. The Hall–Kier alpha value is -1.65. The Bertz CT molecular complexity index is 667. The number of pyridine rings is 1. The smallest absolute Gasteiger partial charge is 0.0908 e. The first kappa shape index (κ1) is 11.4. The standard InChI is InChI=1S/C13H10ClN3S/c14-11-3-4-12(10-2-1-5-16-13(10)11)17-7-9-6-15-8-18-9/h1-6,8,17H,7H2. The fourth-order valence-corrected chi connectivity index (χ4v) is 2.55. The number of nitrogens with zero attached hydrogens (tertiary/aromatic N) is 2. The van der Waals surface area contributed by atoms with E-state index < -0.39 is 0 Å². The number of hydrogen-bond donors (Lipinski definition) is 1. The molecule has 0 fully saturated rings. The molecular weight excluding hydrogens is 266 g/mol. The molecule has 0 saturated heterocycles. The number of anilines is 1. The second kappa shape index (κ2) is 4.92. The van der Waals surface area contributed by atoms with Crippen molar-refractivity contribution < 1.29 is 0 Å². The van der Waals surface area contributed by atoms with Gasteiger partial charge in [-0.2, -0.15) is 0 Å². The number of benzene rings is 1. The van der Waals surface area contributed by atoms with Crippen LogP contribution in [0.4, 0.5) is 5.69 Å². The van der Waals surface area contributed by atoms with Crippen LogP contribution in [-0.4, -0.2) is 9.97 Å². The molecule has 2 aromatic heterocycles. The van der Waals surface area contributed by atoms with E-state index in [0.717, 1.165) is 23.1 Å². The second-order valence-electron chi connectivity index (χ2n) is 3.82. The third-order valence-electron chi connectivity index (χ3n) is 2.66. The Balaban J connectivity index is 1.94. The van der Waals surface area contributed by atoms with E-state index in [4.69, 9.17) is 11.6 Å². The number of rotatable bonds is 3. The van der Waals surface area contributed by atoms with Crippen LogP contribution in [0.2, 0.25) is 5.02 Å². The Morgan fingerprint density at radius 1 is 1.28 bits per heavy atom. The molecule has 5 heteroatoms. The van der Waals surface area contributed by atoms with Crippen LogP contribution in [0.5, 0.6) is 0 Å². The van der Waals surface area contributed by atoms with Gasteiger partial charge in [-0.25, -0.2) is 0 Å². The zero-order chi connectivity index (χ0) is 12.4. The van der Waals surface area contributed by atoms with Gasteiger partial charge < -0.3 is 5.32 Å². The van der Waals surface area contributed by atoms with Crippen molar-refractivity contribution in [3.63, 3.8) is 0 Å². The lowest BCUT2D eigenvalue weighted by Crippen LogP contribution is -1.98. The van der Waals surface area contributed by atoms with Gasteiger partial charge in [0.25, 0.3) is 0 Å². The van der Waals surface area contributed by atoms with Crippen LogP contribution < -0.4 is 5.32 Å². The molecule has 0 unspecified atom stereocenters.